The van der Waals surface area contributed by atoms with Gasteiger partial charge in [0.05, 0.1) is 46.3 Å². The molecule has 0 aromatic heterocycles. The fourth-order valence-corrected chi connectivity index (χ4v) is 15.7. The molecule has 2 fully saturated rings. The molecular formula is C83H87Cl2F3N6O24. The second-order valence-corrected chi connectivity index (χ2v) is 31.3. The minimum absolute atomic E-state index is 0.0341. The van der Waals surface area contributed by atoms with E-state index in [4.69, 9.17) is 62.1 Å². The molecule has 118 heavy (non-hydrogen) atoms. The molecule has 2 saturated heterocycles. The molecule has 7 aromatic rings. The summed E-state index contributed by atoms with van der Waals surface area (Å²) in [4.78, 5) is 118. The van der Waals surface area contributed by atoms with Gasteiger partial charge in [0, 0.05) is 66.4 Å². The molecule has 11 bridgehead atoms. The molecule has 628 valence electrons. The first kappa shape index (κ1) is 86.8. The van der Waals surface area contributed by atoms with Gasteiger partial charge >= 0.3 is 6.18 Å². The molecule has 5 amide bonds. The van der Waals surface area contributed by atoms with E-state index >= 15 is 24.0 Å². The van der Waals surface area contributed by atoms with Gasteiger partial charge in [0.15, 0.2) is 35.5 Å². The van der Waals surface area contributed by atoms with Gasteiger partial charge in [0.1, 0.15) is 77.4 Å². The second kappa shape index (κ2) is 36.0. The van der Waals surface area contributed by atoms with Crippen molar-refractivity contribution < 1.29 is 131 Å². The zero-order chi connectivity index (χ0) is 85.3. The summed E-state index contributed by atoms with van der Waals surface area (Å²) in [6, 6.07) is 19.7. The Bertz CT molecular complexity index is 4970. The van der Waals surface area contributed by atoms with Crippen molar-refractivity contribution in [2.75, 3.05) is 6.61 Å². The van der Waals surface area contributed by atoms with E-state index in [0.29, 0.717) is 23.1 Å². The molecule has 5 unspecified atom stereocenters. The average Bonchev–Trinajstić information content (AvgIpc) is 0.767. The fraction of sp³-hybridized carbons (Fsp3) is 0.398. The van der Waals surface area contributed by atoms with Crippen LogP contribution in [0.2, 0.25) is 10.0 Å². The van der Waals surface area contributed by atoms with E-state index in [-0.39, 0.29) is 76.1 Å². The number of benzene rings is 7. The highest BCUT2D eigenvalue weighted by Gasteiger charge is 2.52. The van der Waals surface area contributed by atoms with Crippen LogP contribution in [0.3, 0.4) is 0 Å². The molecule has 7 aromatic carbocycles. The topological polar surface area (TPSA) is 469 Å². The number of rotatable bonds is 18. The van der Waals surface area contributed by atoms with Crippen LogP contribution < -0.4 is 46.5 Å². The first-order valence-electron chi connectivity index (χ1n) is 37.8. The summed E-state index contributed by atoms with van der Waals surface area (Å²) in [5, 5.41) is 119. The van der Waals surface area contributed by atoms with Crippen LogP contribution in [0.5, 0.6) is 46.0 Å². The zero-order valence-electron chi connectivity index (χ0n) is 63.9. The maximum Gasteiger partial charge on any atom is 0.416 e. The van der Waals surface area contributed by atoms with Gasteiger partial charge in [0.25, 0.3) is 6.47 Å². The van der Waals surface area contributed by atoms with E-state index in [1.807, 2.05) is 13.8 Å². The quantitative estimate of drug-likeness (QED) is 0.0361. The van der Waals surface area contributed by atoms with Crippen LogP contribution in [-0.4, -0.2) is 167 Å². The number of amides is 5. The van der Waals surface area contributed by atoms with E-state index in [1.54, 1.807) is 38.1 Å². The number of alkyl halides is 3. The van der Waals surface area contributed by atoms with E-state index < -0.39 is 238 Å². The maximum absolute atomic E-state index is 16.4. The van der Waals surface area contributed by atoms with Gasteiger partial charge < -0.3 is 111 Å². The number of phenols is 3. The number of hydrogen-bond acceptors (Lipinski definition) is 25. The highest BCUT2D eigenvalue weighted by atomic mass is 35.5. The van der Waals surface area contributed by atoms with Crippen LogP contribution in [-0.2, 0) is 70.0 Å². The van der Waals surface area contributed by atoms with Crippen molar-refractivity contribution in [2.45, 2.75) is 183 Å². The van der Waals surface area contributed by atoms with Crippen molar-refractivity contribution in [3.63, 3.8) is 0 Å². The van der Waals surface area contributed by atoms with Crippen LogP contribution >= 0.6 is 23.2 Å². The van der Waals surface area contributed by atoms with Gasteiger partial charge in [0.2, 0.25) is 47.8 Å². The molecule has 7 heterocycles. The number of fused-ring (bicyclic) bond motifs is 15. The monoisotopic (exact) mass is 1680 g/mol. The van der Waals surface area contributed by atoms with E-state index in [9.17, 15) is 73.5 Å². The van der Waals surface area contributed by atoms with E-state index in [2.05, 4.69) is 26.6 Å². The summed E-state index contributed by atoms with van der Waals surface area (Å²) in [5.41, 5.74) is 3.39. The summed E-state index contributed by atoms with van der Waals surface area (Å²) < 4.78 is 85.0. The maximum atomic E-state index is 16.4. The Labute approximate surface area is 682 Å². The number of halogens is 5. The number of aromatic hydroxyl groups is 3. The largest absolute Gasteiger partial charge is 0.508 e. The molecule has 0 aliphatic carbocycles. The molecule has 0 spiro atoms. The van der Waals surface area contributed by atoms with E-state index in [0.717, 1.165) is 60.7 Å². The number of primary amides is 1. The molecule has 30 nitrogen and oxygen atoms in total. The van der Waals surface area contributed by atoms with Crippen LogP contribution in [0.4, 0.5) is 13.2 Å². The predicted molar refractivity (Wildman–Crippen MR) is 412 cm³/mol. The number of aliphatic hydroxyl groups excluding tert-OH is 6. The van der Waals surface area contributed by atoms with Crippen molar-refractivity contribution in [2.24, 2.45) is 23.5 Å². The SMILES string of the molecule is CC[C@H](CC(C)C)C(=O)N[C@H]1C(=O)C[C@@H](CC(N)=O)C(=O)N[C@H]2C(=O)C[C@@H]3C(=O)N[C@H](C(=O)N[C@H](OC=O)c4cc(O)cc(O)c4-c4cc3ccc4O)[C@H](O)c3ccc(c(Cl)c3)Oc3cc2cc(c3OC2O[C@H](CO)C(O)C(O)[C@H]2O[C@H]2CC(C)(NCc3ccc(-c4ccc(C(F)(F)F)cc4)cc3)[C@H](O)C(C)O2)Oc2ccc(cc2Cl)[C@H]1O. The fourth-order valence-electron chi connectivity index (χ4n) is 15.3. The van der Waals surface area contributed by atoms with Crippen LogP contribution in [0, 0.1) is 17.8 Å². The number of carbonyl (C=O) groups excluding carboxylic acids is 8. The van der Waals surface area contributed by atoms with Crippen molar-refractivity contribution >= 4 is 70.8 Å². The first-order valence-corrected chi connectivity index (χ1v) is 38.5. The van der Waals surface area contributed by atoms with Gasteiger partial charge in [-0.05, 0) is 138 Å². The molecule has 14 rings (SSSR count). The highest BCUT2D eigenvalue weighted by molar-refractivity contribution is 6.32. The normalized spacial score (nSPS) is 27.1. The van der Waals surface area contributed by atoms with Gasteiger partial charge in [-0.2, -0.15) is 13.2 Å². The number of aliphatic hydroxyl groups is 6. The molecule has 7 aliphatic heterocycles. The molecule has 16 N–H and O–H groups in total. The standard InChI is InChI=1S/C83H87Cl2F3N6O24/c1-6-39(21-36(2)3)76(108)92-67-56(100)25-46(28-63(89)102)77(109)91-66-45-26-60(114-58-19-14-43(69(67)103)23-52(58)84)73(118-81-74(72(106)71(105)62(34-95)116-81)117-64-32-82(5,75(107)37(4)113-64)90-33-38-7-9-40(10-8-38)41-11-16-47(17-12-41)83(86,87)88)61(27-45)115-59-20-15-44(24-53(59)85)70(104)68-79(111)94-80(112-35-96)51-29-48(97)30-55(99)65(51)50-22-42(13-18-54(50)98)49(31-57(66)101)78(110)93-68/h7-20,22-24,26-27,29-30,35-37,39,46,49,62,64,66-72,74-75,80-81,90,95,97-99,103-107H,6,21,25,28,31-34H2,1-5H3,(H2,89,102)(H,91,109)(H,92,108)(H,93,110)(H,94,111)/t37?,39-,46+,49+,62-,64+,66-,67+,68+,69-,70-,71?,72?,74-,75-,80-,81?,82?/m1/s1. The lowest BCUT2D eigenvalue weighted by Crippen LogP contribution is -2.65. The molecule has 35 heteroatoms. The highest BCUT2D eigenvalue weighted by Crippen LogP contribution is 2.51. The third-order valence-corrected chi connectivity index (χ3v) is 22.3. The van der Waals surface area contributed by atoms with Crippen molar-refractivity contribution in [1.82, 2.24) is 26.6 Å². The Hall–Kier alpha value is -10.5. The summed E-state index contributed by atoms with van der Waals surface area (Å²) in [7, 11) is 0. The first-order chi connectivity index (χ1) is 55.9. The lowest BCUT2D eigenvalue weighted by Gasteiger charge is -2.48. The van der Waals surface area contributed by atoms with Gasteiger partial charge in [-0.1, -0.05) is 98.6 Å². The second-order valence-electron chi connectivity index (χ2n) is 30.4. The summed E-state index contributed by atoms with van der Waals surface area (Å²) in [6.07, 6.45) is -26.9. The molecule has 0 radical (unpaired) electrons. The zero-order valence-corrected chi connectivity index (χ0v) is 65.4. The Morgan fingerprint density at radius 2 is 1.35 bits per heavy atom. The third-order valence-electron chi connectivity index (χ3n) is 21.7. The summed E-state index contributed by atoms with van der Waals surface area (Å²) in [5.74, 6) is -17.1. The third kappa shape index (κ3) is 18.9. The average molecular weight is 1680 g/mol. The Morgan fingerprint density at radius 3 is 1.94 bits per heavy atom. The van der Waals surface area contributed by atoms with Crippen molar-refractivity contribution in [3.8, 4) is 68.2 Å². The minimum Gasteiger partial charge on any atom is -0.508 e. The number of ketones is 2. The van der Waals surface area contributed by atoms with Gasteiger partial charge in [-0.25, -0.2) is 0 Å². The molecule has 18 atom stereocenters. The Kier molecular flexibility index (Phi) is 26.5. The lowest BCUT2D eigenvalue weighted by molar-refractivity contribution is -0.334. The number of phenolic OH excluding ortho intramolecular Hbond substituents is 3. The van der Waals surface area contributed by atoms with Crippen LogP contribution in [0.1, 0.15) is 142 Å². The van der Waals surface area contributed by atoms with Gasteiger partial charge in [-0.3, -0.25) is 38.4 Å². The molecule has 0 saturated carbocycles. The van der Waals surface area contributed by atoms with Gasteiger partial charge in [-0.15, -0.1) is 0 Å². The van der Waals surface area contributed by atoms with Crippen LogP contribution in [0.15, 0.2) is 127 Å². The number of Topliss-reactive ketones (excluding diaryl/α,β-unsaturated/α-hetero) is 2. The number of hydrogen-bond donors (Lipinski definition) is 15. The Morgan fingerprint density at radius 1 is 0.720 bits per heavy atom. The van der Waals surface area contributed by atoms with Crippen molar-refractivity contribution in [1.29, 1.82) is 0 Å². The lowest BCUT2D eigenvalue weighted by atomic mass is 9.84. The number of nitrogens with two attached hydrogens (primary N) is 1. The Balaban J connectivity index is 1.02. The number of ether oxygens (including phenoxy) is 7. The summed E-state index contributed by atoms with van der Waals surface area (Å²) >= 11 is 14.3. The minimum atomic E-state index is -4.54. The van der Waals surface area contributed by atoms with Crippen LogP contribution in [0.25, 0.3) is 22.3 Å². The number of carbonyl (C=O) groups is 8. The summed E-state index contributed by atoms with van der Waals surface area (Å²) in [6.45, 7) is 7.64. The smallest absolute Gasteiger partial charge is 0.416 e. The molecule has 7 aliphatic rings. The number of nitrogens with one attached hydrogen (secondary N) is 5. The van der Waals surface area contributed by atoms with E-state index in [1.165, 1.54) is 49.4 Å². The van der Waals surface area contributed by atoms with Crippen molar-refractivity contribution in [3.05, 3.63) is 176 Å². The predicted octanol–water partition coefficient (Wildman–Crippen LogP) is 8.08. The molecular weight excluding hydrogens is 1590 g/mol.